The summed E-state index contributed by atoms with van der Waals surface area (Å²) in [7, 11) is 3.22. The largest absolute Gasteiger partial charge is 0.497 e. The van der Waals surface area contributed by atoms with Gasteiger partial charge < -0.3 is 14.8 Å². The van der Waals surface area contributed by atoms with Crippen molar-refractivity contribution in [2.24, 2.45) is 0 Å². The van der Waals surface area contributed by atoms with E-state index in [1.165, 1.54) is 0 Å². The van der Waals surface area contributed by atoms with E-state index in [4.69, 9.17) is 9.47 Å². The van der Waals surface area contributed by atoms with Crippen LogP contribution in [0.1, 0.15) is 34.5 Å². The Balaban J connectivity index is 1.69. The standard InChI is InChI=1S/C21H21N3O3/c1-26-15-8-3-13(4-9-15)5-11-17-19-18(24-23-17)12-10-16(20(19)27-2)21(25)22-14-6-7-14/h3-5,8-12,14H,6-7H2,1-2H3,(H,22,25)(H,23,24). The molecule has 0 radical (unpaired) electrons. The van der Waals surface area contributed by atoms with Crippen LogP contribution in [0, 0.1) is 0 Å². The Kier molecular flexibility index (Phi) is 4.54. The number of ether oxygens (including phenoxy) is 2. The highest BCUT2D eigenvalue weighted by Gasteiger charge is 2.26. The third-order valence-corrected chi connectivity index (χ3v) is 4.62. The molecular weight excluding hydrogens is 342 g/mol. The van der Waals surface area contributed by atoms with Gasteiger partial charge >= 0.3 is 0 Å². The van der Waals surface area contributed by atoms with Gasteiger partial charge in [-0.3, -0.25) is 9.89 Å². The minimum Gasteiger partial charge on any atom is -0.497 e. The van der Waals surface area contributed by atoms with Gasteiger partial charge in [0.2, 0.25) is 0 Å². The van der Waals surface area contributed by atoms with Gasteiger partial charge in [0.05, 0.1) is 36.4 Å². The van der Waals surface area contributed by atoms with Crippen molar-refractivity contribution in [3.8, 4) is 11.5 Å². The first kappa shape index (κ1) is 17.1. The maximum Gasteiger partial charge on any atom is 0.255 e. The summed E-state index contributed by atoms with van der Waals surface area (Å²) >= 11 is 0. The molecule has 1 aliphatic rings. The van der Waals surface area contributed by atoms with E-state index in [0.717, 1.165) is 40.8 Å². The number of nitrogens with zero attached hydrogens (tertiary/aromatic N) is 1. The van der Waals surface area contributed by atoms with E-state index in [-0.39, 0.29) is 11.9 Å². The van der Waals surface area contributed by atoms with Crippen LogP contribution >= 0.6 is 0 Å². The van der Waals surface area contributed by atoms with E-state index in [1.807, 2.05) is 42.5 Å². The highest BCUT2D eigenvalue weighted by molar-refractivity contribution is 6.05. The lowest BCUT2D eigenvalue weighted by Crippen LogP contribution is -2.25. The fourth-order valence-corrected chi connectivity index (χ4v) is 3.00. The van der Waals surface area contributed by atoms with Crippen LogP contribution in [0.4, 0.5) is 0 Å². The average Bonchev–Trinajstić information content (AvgIpc) is 3.42. The van der Waals surface area contributed by atoms with E-state index < -0.39 is 0 Å². The average molecular weight is 363 g/mol. The molecule has 0 spiro atoms. The number of hydrogen-bond acceptors (Lipinski definition) is 4. The molecule has 0 aliphatic heterocycles. The fourth-order valence-electron chi connectivity index (χ4n) is 3.00. The zero-order valence-corrected chi connectivity index (χ0v) is 15.3. The minimum atomic E-state index is -0.109. The van der Waals surface area contributed by atoms with Crippen molar-refractivity contribution in [1.82, 2.24) is 15.5 Å². The Labute approximate surface area is 157 Å². The quantitative estimate of drug-likeness (QED) is 0.701. The first-order chi connectivity index (χ1) is 13.2. The van der Waals surface area contributed by atoms with Gasteiger partial charge in [-0.05, 0) is 48.7 Å². The number of aromatic amines is 1. The zero-order valence-electron chi connectivity index (χ0n) is 15.3. The number of aromatic nitrogens is 2. The molecule has 0 saturated heterocycles. The molecular formula is C21H21N3O3. The summed E-state index contributed by atoms with van der Waals surface area (Å²) in [5.74, 6) is 1.24. The summed E-state index contributed by atoms with van der Waals surface area (Å²) in [5.41, 5.74) is 3.10. The fraction of sp³-hybridized carbons (Fsp3) is 0.238. The molecule has 6 nitrogen and oxygen atoms in total. The Hall–Kier alpha value is -3.28. The Bertz CT molecular complexity index is 1000. The molecule has 2 N–H and O–H groups in total. The molecule has 0 unspecified atom stereocenters. The number of fused-ring (bicyclic) bond motifs is 1. The summed E-state index contributed by atoms with van der Waals surface area (Å²) in [4.78, 5) is 12.5. The highest BCUT2D eigenvalue weighted by atomic mass is 16.5. The predicted molar refractivity (Wildman–Crippen MR) is 105 cm³/mol. The van der Waals surface area contributed by atoms with Crippen molar-refractivity contribution in [3.63, 3.8) is 0 Å². The van der Waals surface area contributed by atoms with E-state index in [0.29, 0.717) is 11.3 Å². The molecule has 2 aromatic carbocycles. The number of carbonyl (C=O) groups excluding carboxylic acids is 1. The number of methoxy groups -OCH3 is 2. The van der Waals surface area contributed by atoms with Crippen molar-refractivity contribution in [2.45, 2.75) is 18.9 Å². The topological polar surface area (TPSA) is 76.2 Å². The maximum atomic E-state index is 12.5. The predicted octanol–water partition coefficient (Wildman–Crippen LogP) is 3.64. The second-order valence-corrected chi connectivity index (χ2v) is 6.53. The van der Waals surface area contributed by atoms with Crippen molar-refractivity contribution >= 4 is 29.0 Å². The Morgan fingerprint density at radius 1 is 1.11 bits per heavy atom. The third-order valence-electron chi connectivity index (χ3n) is 4.62. The van der Waals surface area contributed by atoms with Crippen LogP contribution in [0.15, 0.2) is 36.4 Å². The summed E-state index contributed by atoms with van der Waals surface area (Å²) in [5, 5.41) is 11.2. The number of rotatable bonds is 6. The number of H-pyrrole nitrogens is 1. The molecule has 6 heteroatoms. The van der Waals surface area contributed by atoms with Crippen LogP contribution in [-0.4, -0.2) is 36.4 Å². The molecule has 1 aliphatic carbocycles. The van der Waals surface area contributed by atoms with Gasteiger partial charge in [0.25, 0.3) is 5.91 Å². The van der Waals surface area contributed by atoms with Crippen LogP contribution in [-0.2, 0) is 0 Å². The number of amides is 1. The SMILES string of the molecule is COc1ccc(C=Cc2[nH]nc3ccc(C(=O)NC4CC4)c(OC)c23)cc1. The van der Waals surface area contributed by atoms with Crippen LogP contribution in [0.25, 0.3) is 23.1 Å². The van der Waals surface area contributed by atoms with Crippen LogP contribution in [0.3, 0.4) is 0 Å². The molecule has 27 heavy (non-hydrogen) atoms. The Morgan fingerprint density at radius 2 is 1.89 bits per heavy atom. The number of hydrogen-bond donors (Lipinski definition) is 2. The highest BCUT2D eigenvalue weighted by Crippen LogP contribution is 2.33. The number of nitrogens with one attached hydrogen (secondary N) is 2. The number of carbonyl (C=O) groups is 1. The Morgan fingerprint density at radius 3 is 2.56 bits per heavy atom. The van der Waals surface area contributed by atoms with Crippen molar-refractivity contribution in [1.29, 1.82) is 0 Å². The molecule has 1 fully saturated rings. The van der Waals surface area contributed by atoms with E-state index in [1.54, 1.807) is 20.3 Å². The summed E-state index contributed by atoms with van der Waals surface area (Å²) < 4.78 is 10.8. The monoisotopic (exact) mass is 363 g/mol. The normalized spacial score (nSPS) is 13.9. The van der Waals surface area contributed by atoms with E-state index in [9.17, 15) is 4.79 Å². The van der Waals surface area contributed by atoms with Gasteiger partial charge in [0.1, 0.15) is 11.5 Å². The molecule has 1 heterocycles. The molecule has 1 saturated carbocycles. The summed E-state index contributed by atoms with van der Waals surface area (Å²) in [6.07, 6.45) is 5.99. The first-order valence-corrected chi connectivity index (χ1v) is 8.87. The van der Waals surface area contributed by atoms with Crippen LogP contribution in [0.2, 0.25) is 0 Å². The lowest BCUT2D eigenvalue weighted by Gasteiger charge is -2.10. The lowest BCUT2D eigenvalue weighted by atomic mass is 10.1. The van der Waals surface area contributed by atoms with Crippen molar-refractivity contribution < 1.29 is 14.3 Å². The van der Waals surface area contributed by atoms with Crippen LogP contribution < -0.4 is 14.8 Å². The van der Waals surface area contributed by atoms with Gasteiger partial charge in [-0.1, -0.05) is 18.2 Å². The molecule has 0 bridgehead atoms. The zero-order chi connectivity index (χ0) is 18.8. The molecule has 0 atom stereocenters. The second kappa shape index (κ2) is 7.15. The van der Waals surface area contributed by atoms with E-state index >= 15 is 0 Å². The van der Waals surface area contributed by atoms with Gasteiger partial charge in [-0.2, -0.15) is 5.10 Å². The number of benzene rings is 2. The van der Waals surface area contributed by atoms with Crippen molar-refractivity contribution in [2.75, 3.05) is 14.2 Å². The lowest BCUT2D eigenvalue weighted by molar-refractivity contribution is 0.0948. The molecule has 4 rings (SSSR count). The minimum absolute atomic E-state index is 0.109. The van der Waals surface area contributed by atoms with Crippen LogP contribution in [0.5, 0.6) is 11.5 Å². The second-order valence-electron chi connectivity index (χ2n) is 6.53. The van der Waals surface area contributed by atoms with Gasteiger partial charge in [0.15, 0.2) is 0 Å². The third kappa shape index (κ3) is 3.51. The molecule has 138 valence electrons. The van der Waals surface area contributed by atoms with Crippen molar-refractivity contribution in [3.05, 3.63) is 53.2 Å². The van der Waals surface area contributed by atoms with Gasteiger partial charge in [-0.25, -0.2) is 0 Å². The maximum absolute atomic E-state index is 12.5. The summed E-state index contributed by atoms with van der Waals surface area (Å²) in [6.45, 7) is 0. The van der Waals surface area contributed by atoms with E-state index in [2.05, 4.69) is 15.5 Å². The molecule has 1 amide bonds. The summed E-state index contributed by atoms with van der Waals surface area (Å²) in [6, 6.07) is 11.6. The molecule has 3 aromatic rings. The van der Waals surface area contributed by atoms with Gasteiger partial charge in [-0.15, -0.1) is 0 Å². The first-order valence-electron chi connectivity index (χ1n) is 8.87. The molecule has 1 aromatic heterocycles. The van der Waals surface area contributed by atoms with Gasteiger partial charge in [0, 0.05) is 6.04 Å². The smallest absolute Gasteiger partial charge is 0.255 e.